The van der Waals surface area contributed by atoms with Gasteiger partial charge in [0.05, 0.1) is 0 Å². The van der Waals surface area contributed by atoms with Crippen LogP contribution in [0.2, 0.25) is 0 Å². The number of carbonyl (C=O) groups excluding carboxylic acids is 1. The van der Waals surface area contributed by atoms with Crippen LogP contribution in [-0.4, -0.2) is 24.9 Å². The highest BCUT2D eigenvalue weighted by Crippen LogP contribution is 2.34. The largest absolute Gasteiger partial charge is 0.867 e. The fourth-order valence-electron chi connectivity index (χ4n) is 2.02. The van der Waals surface area contributed by atoms with E-state index in [9.17, 15) is 13.5 Å². The Labute approximate surface area is 149 Å². The first kappa shape index (κ1) is 20.6. The molecule has 8 nitrogen and oxygen atoms in total. The van der Waals surface area contributed by atoms with Crippen molar-refractivity contribution in [2.24, 2.45) is 0 Å². The van der Waals surface area contributed by atoms with E-state index < -0.39 is 15.9 Å². The predicted molar refractivity (Wildman–Crippen MR) is 93.2 cm³/mol. The lowest BCUT2D eigenvalue weighted by Gasteiger charge is -2.09. The van der Waals surface area contributed by atoms with Crippen molar-refractivity contribution in [3.8, 4) is 11.5 Å². The summed E-state index contributed by atoms with van der Waals surface area (Å²) in [5, 5.41) is 29.1. The van der Waals surface area contributed by atoms with Crippen LogP contribution in [0.15, 0.2) is 65.6 Å². The van der Waals surface area contributed by atoms with E-state index in [4.69, 9.17) is 19.8 Å². The Balaban J connectivity index is 0.000000313. The molecule has 0 aliphatic heterocycles. The highest BCUT2D eigenvalue weighted by Gasteiger charge is 2.16. The SMILES string of the molecule is C=O.N#[N+]c1ccc2c(S(=O)(=O)O)cccc2c1[O-].Oc1ccccc1. The molecule has 2 N–H and O–H groups in total. The smallest absolute Gasteiger partial charge is 0.378 e. The summed E-state index contributed by atoms with van der Waals surface area (Å²) >= 11 is 0. The van der Waals surface area contributed by atoms with Gasteiger partial charge in [0, 0.05) is 11.5 Å². The predicted octanol–water partition coefficient (Wildman–Crippen LogP) is 2.85. The molecule has 0 aromatic heterocycles. The molecule has 0 radical (unpaired) electrons. The number of para-hydroxylation sites is 1. The first-order valence-corrected chi connectivity index (χ1v) is 8.37. The third-order valence-corrected chi connectivity index (χ3v) is 4.00. The van der Waals surface area contributed by atoms with E-state index in [-0.39, 0.29) is 21.4 Å². The Morgan fingerprint density at radius 1 is 0.923 bits per heavy atom. The van der Waals surface area contributed by atoms with Gasteiger partial charge < -0.3 is 15.0 Å². The van der Waals surface area contributed by atoms with Crippen molar-refractivity contribution in [2.75, 3.05) is 0 Å². The number of hydrogen-bond donors (Lipinski definition) is 2. The molecule has 0 saturated heterocycles. The summed E-state index contributed by atoms with van der Waals surface area (Å²) in [6, 6.07) is 15.1. The van der Waals surface area contributed by atoms with Crippen LogP contribution in [0, 0.1) is 5.39 Å². The average molecular weight is 374 g/mol. The summed E-state index contributed by atoms with van der Waals surface area (Å²) in [4.78, 5) is 10.4. The Hall–Kier alpha value is -3.48. The van der Waals surface area contributed by atoms with Gasteiger partial charge in [-0.05, 0) is 35.4 Å². The van der Waals surface area contributed by atoms with Crippen molar-refractivity contribution in [3.05, 3.63) is 65.6 Å². The molecule has 0 aliphatic carbocycles. The Morgan fingerprint density at radius 3 is 2.00 bits per heavy atom. The van der Waals surface area contributed by atoms with Crippen molar-refractivity contribution in [2.45, 2.75) is 4.90 Å². The van der Waals surface area contributed by atoms with Crippen molar-refractivity contribution < 1.29 is 28.0 Å². The van der Waals surface area contributed by atoms with Crippen LogP contribution >= 0.6 is 0 Å². The molecule has 0 unspecified atom stereocenters. The van der Waals surface area contributed by atoms with E-state index in [1.54, 1.807) is 24.3 Å². The highest BCUT2D eigenvalue weighted by atomic mass is 32.2. The molecule has 0 saturated carbocycles. The monoisotopic (exact) mass is 374 g/mol. The maximum Gasteiger partial charge on any atom is 0.378 e. The highest BCUT2D eigenvalue weighted by molar-refractivity contribution is 7.86. The second-order valence-corrected chi connectivity index (χ2v) is 6.07. The van der Waals surface area contributed by atoms with Crippen molar-refractivity contribution in [1.29, 1.82) is 5.39 Å². The van der Waals surface area contributed by atoms with Gasteiger partial charge in [-0.15, -0.1) is 0 Å². The number of benzene rings is 3. The van der Waals surface area contributed by atoms with Gasteiger partial charge in [-0.3, -0.25) is 4.55 Å². The van der Waals surface area contributed by atoms with Crippen molar-refractivity contribution in [1.82, 2.24) is 0 Å². The molecule has 0 aliphatic rings. The number of nitrogens with zero attached hydrogens (tertiary/aromatic N) is 2. The van der Waals surface area contributed by atoms with E-state index in [2.05, 4.69) is 4.98 Å². The van der Waals surface area contributed by atoms with Gasteiger partial charge in [0.15, 0.2) is 4.98 Å². The number of phenols is 1. The molecule has 0 heterocycles. The van der Waals surface area contributed by atoms with Crippen LogP contribution < -0.4 is 5.11 Å². The van der Waals surface area contributed by atoms with Gasteiger partial charge in [0.2, 0.25) is 5.39 Å². The molecular formula is C17H14N2O6S. The molecule has 26 heavy (non-hydrogen) atoms. The third-order valence-electron chi connectivity index (χ3n) is 3.09. The van der Waals surface area contributed by atoms with Gasteiger partial charge >= 0.3 is 5.69 Å². The Morgan fingerprint density at radius 2 is 1.54 bits per heavy atom. The lowest BCUT2D eigenvalue weighted by molar-refractivity contribution is -0.264. The van der Waals surface area contributed by atoms with Crippen LogP contribution in [-0.2, 0) is 14.9 Å². The maximum absolute atomic E-state index is 11.7. The van der Waals surface area contributed by atoms with Gasteiger partial charge in [-0.25, -0.2) is 0 Å². The standard InChI is InChI=1S/C10H6N2O4S.C6H6O.CH2O/c11-12-8-5-4-6-7(10(8)13)2-1-3-9(6)17(14,15)16;7-6-4-2-1-3-5-6;1-2/h1-5H,(H-,13,14,15,16);1-5,7H;1H2. The van der Waals surface area contributed by atoms with Crippen LogP contribution in [0.1, 0.15) is 0 Å². The zero-order chi connectivity index (χ0) is 19.7. The molecule has 0 amide bonds. The summed E-state index contributed by atoms with van der Waals surface area (Å²) in [5.74, 6) is -0.280. The zero-order valence-electron chi connectivity index (χ0n) is 13.3. The summed E-state index contributed by atoms with van der Waals surface area (Å²) in [7, 11) is -4.40. The molecule has 3 aromatic rings. The second-order valence-electron chi connectivity index (χ2n) is 4.68. The van der Waals surface area contributed by atoms with Gasteiger partial charge in [-0.2, -0.15) is 8.42 Å². The van der Waals surface area contributed by atoms with Crippen LogP contribution in [0.25, 0.3) is 15.7 Å². The number of rotatable bonds is 1. The van der Waals surface area contributed by atoms with Crippen LogP contribution in [0.4, 0.5) is 5.69 Å². The van der Waals surface area contributed by atoms with Gasteiger partial charge in [0.1, 0.15) is 17.4 Å². The first-order chi connectivity index (χ1) is 12.3. The normalized spacial score (nSPS) is 9.85. The lowest BCUT2D eigenvalue weighted by Crippen LogP contribution is -2.00. The van der Waals surface area contributed by atoms with E-state index >= 15 is 0 Å². The van der Waals surface area contributed by atoms with E-state index in [1.807, 2.05) is 12.9 Å². The molecule has 0 spiro atoms. The topological polar surface area (TPSA) is 143 Å². The van der Waals surface area contributed by atoms with Gasteiger partial charge in [-0.1, -0.05) is 30.3 Å². The minimum Gasteiger partial charge on any atom is -0.867 e. The Bertz CT molecular complexity index is 1030. The number of phenolic OH excluding ortho intramolecular Hbond substituents is 1. The van der Waals surface area contributed by atoms with Crippen LogP contribution in [0.3, 0.4) is 0 Å². The molecule has 0 fully saturated rings. The van der Waals surface area contributed by atoms with Crippen molar-refractivity contribution in [3.63, 3.8) is 0 Å². The number of fused-ring (bicyclic) bond motifs is 1. The molecule has 3 aromatic carbocycles. The number of carbonyl (C=O) groups is 1. The Kier molecular flexibility index (Phi) is 7.21. The summed E-state index contributed by atoms with van der Waals surface area (Å²) < 4.78 is 31.2. The summed E-state index contributed by atoms with van der Waals surface area (Å²) in [6.07, 6.45) is 0. The molecule has 0 bridgehead atoms. The van der Waals surface area contributed by atoms with Crippen molar-refractivity contribution >= 4 is 33.4 Å². The van der Waals surface area contributed by atoms with E-state index in [0.29, 0.717) is 5.75 Å². The van der Waals surface area contributed by atoms with Gasteiger partial charge in [0.25, 0.3) is 10.1 Å². The summed E-state index contributed by atoms with van der Waals surface area (Å²) in [5.41, 5.74) is -0.190. The molecule has 9 heteroatoms. The quantitative estimate of drug-likeness (QED) is 0.492. The van der Waals surface area contributed by atoms with Crippen LogP contribution in [0.5, 0.6) is 11.5 Å². The minimum atomic E-state index is -4.40. The maximum atomic E-state index is 11.7. The number of diazo groups is 1. The minimum absolute atomic E-state index is 0.0652. The number of aromatic hydroxyl groups is 1. The third kappa shape index (κ3) is 5.01. The fourth-order valence-corrected chi connectivity index (χ4v) is 2.73. The fraction of sp³-hybridized carbons (Fsp3) is 0. The second kappa shape index (κ2) is 9.12. The van der Waals surface area contributed by atoms with E-state index in [1.165, 1.54) is 30.3 Å². The molecular weight excluding hydrogens is 360 g/mol. The first-order valence-electron chi connectivity index (χ1n) is 6.93. The zero-order valence-corrected chi connectivity index (χ0v) is 14.1. The van der Waals surface area contributed by atoms with E-state index in [0.717, 1.165) is 0 Å². The molecule has 0 atom stereocenters. The summed E-state index contributed by atoms with van der Waals surface area (Å²) in [6.45, 7) is 2.00. The molecule has 134 valence electrons. The average Bonchev–Trinajstić information content (AvgIpc) is 2.64. The number of hydrogen-bond acceptors (Lipinski definition) is 6. The lowest BCUT2D eigenvalue weighted by atomic mass is 10.1. The molecule has 3 rings (SSSR count).